The molecule has 4 aromatic rings. The van der Waals surface area contributed by atoms with Crippen molar-refractivity contribution >= 4 is 34.3 Å². The van der Waals surface area contributed by atoms with Crippen molar-refractivity contribution in [1.29, 1.82) is 0 Å². The monoisotopic (exact) mass is 380 g/mol. The van der Waals surface area contributed by atoms with Crippen molar-refractivity contribution < 1.29 is 0 Å². The number of nitrogens with zero attached hydrogens (tertiary/aromatic N) is 4. The van der Waals surface area contributed by atoms with Crippen LogP contribution in [0, 0.1) is 13.8 Å². The minimum Gasteiger partial charge on any atom is -0.277 e. The number of benzene rings is 2. The Kier molecular flexibility index (Phi) is 4.66. The van der Waals surface area contributed by atoms with E-state index in [9.17, 15) is 0 Å². The van der Waals surface area contributed by atoms with E-state index in [4.69, 9.17) is 11.6 Å². The van der Waals surface area contributed by atoms with Crippen LogP contribution in [0.25, 0.3) is 16.6 Å². The lowest BCUT2D eigenvalue weighted by molar-refractivity contribution is 0.883. The number of rotatable bonds is 4. The summed E-state index contributed by atoms with van der Waals surface area (Å²) in [7, 11) is 0. The van der Waals surface area contributed by atoms with Crippen molar-refractivity contribution in [2.45, 2.75) is 24.8 Å². The van der Waals surface area contributed by atoms with Crippen molar-refractivity contribution in [3.8, 4) is 5.69 Å². The maximum absolute atomic E-state index is 6.46. The maximum atomic E-state index is 6.46. The summed E-state index contributed by atoms with van der Waals surface area (Å²) in [5.74, 6) is 0.681. The molecule has 4 nitrogen and oxygen atoms in total. The number of thioether (sulfide) groups is 1. The minimum atomic E-state index is 0.546. The smallest absolute Gasteiger partial charge is 0.195 e. The molecule has 2 aromatic carbocycles. The Bertz CT molecular complexity index is 1080. The fraction of sp³-hybridized carbons (Fsp3) is 0.150. The van der Waals surface area contributed by atoms with Gasteiger partial charge in [-0.2, -0.15) is 0 Å². The Morgan fingerprint density at radius 1 is 1.08 bits per heavy atom. The minimum absolute atomic E-state index is 0.546. The van der Waals surface area contributed by atoms with Crippen LogP contribution in [-0.2, 0) is 5.75 Å². The van der Waals surface area contributed by atoms with Gasteiger partial charge in [-0.3, -0.25) is 4.57 Å². The molecule has 6 heteroatoms. The Hall–Kier alpha value is -2.37. The van der Waals surface area contributed by atoms with E-state index in [1.54, 1.807) is 18.1 Å². The molecular formula is C20H17ClN4S. The van der Waals surface area contributed by atoms with Crippen molar-refractivity contribution in [1.82, 2.24) is 19.7 Å². The van der Waals surface area contributed by atoms with Gasteiger partial charge in [0, 0.05) is 22.4 Å². The zero-order valence-corrected chi connectivity index (χ0v) is 16.1. The van der Waals surface area contributed by atoms with Gasteiger partial charge in [0.2, 0.25) is 0 Å². The molecule has 0 unspecified atom stereocenters. The highest BCUT2D eigenvalue weighted by Crippen LogP contribution is 2.30. The third-order valence-corrected chi connectivity index (χ3v) is 5.76. The van der Waals surface area contributed by atoms with Crippen LogP contribution < -0.4 is 0 Å². The molecule has 0 saturated carbocycles. The second-order valence-corrected chi connectivity index (χ2v) is 7.43. The quantitative estimate of drug-likeness (QED) is 0.352. The summed E-state index contributed by atoms with van der Waals surface area (Å²) in [4.78, 5) is 4.63. The normalized spacial score (nSPS) is 11.2. The van der Waals surface area contributed by atoms with Crippen LogP contribution in [0.3, 0.4) is 0 Å². The summed E-state index contributed by atoms with van der Waals surface area (Å²) in [6, 6.07) is 16.4. The van der Waals surface area contributed by atoms with Gasteiger partial charge in [-0.05, 0) is 43.2 Å². The zero-order valence-electron chi connectivity index (χ0n) is 14.5. The standard InChI is InChI=1S/C20H17ClN4S/c1-13-8-9-15-10-16(19(21)23-18(15)14(13)2)11-26-20-24-22-12-25(20)17-6-4-3-5-7-17/h3-10,12H,11H2,1-2H3. The number of hydrogen-bond acceptors (Lipinski definition) is 4. The highest BCUT2D eigenvalue weighted by Gasteiger charge is 2.12. The molecule has 0 bridgehead atoms. The SMILES string of the molecule is Cc1ccc2cc(CSc3nncn3-c3ccccc3)c(Cl)nc2c1C. The second-order valence-electron chi connectivity index (χ2n) is 6.13. The highest BCUT2D eigenvalue weighted by atomic mass is 35.5. The average Bonchev–Trinajstić information content (AvgIpc) is 3.13. The molecule has 0 aliphatic heterocycles. The predicted molar refractivity (Wildman–Crippen MR) is 107 cm³/mol. The first-order valence-electron chi connectivity index (χ1n) is 8.27. The van der Waals surface area contributed by atoms with Crippen molar-refractivity contribution in [2.75, 3.05) is 0 Å². The first kappa shape index (κ1) is 17.1. The van der Waals surface area contributed by atoms with Crippen LogP contribution in [0.5, 0.6) is 0 Å². The predicted octanol–water partition coefficient (Wildman–Crippen LogP) is 5.38. The van der Waals surface area contributed by atoms with Crippen molar-refractivity contribution in [3.63, 3.8) is 0 Å². The fourth-order valence-electron chi connectivity index (χ4n) is 2.84. The van der Waals surface area contributed by atoms with Gasteiger partial charge in [0.05, 0.1) is 5.52 Å². The molecular weight excluding hydrogens is 364 g/mol. The van der Waals surface area contributed by atoms with Gasteiger partial charge in [0.25, 0.3) is 0 Å². The molecule has 26 heavy (non-hydrogen) atoms. The molecule has 0 aliphatic carbocycles. The van der Waals surface area contributed by atoms with Gasteiger partial charge in [-0.15, -0.1) is 10.2 Å². The Morgan fingerprint density at radius 3 is 2.69 bits per heavy atom. The molecule has 2 aromatic heterocycles. The summed E-state index contributed by atoms with van der Waals surface area (Å²) in [6.45, 7) is 4.17. The number of aryl methyl sites for hydroxylation is 2. The molecule has 0 amide bonds. The first-order valence-corrected chi connectivity index (χ1v) is 9.63. The first-order chi connectivity index (χ1) is 12.6. The van der Waals surface area contributed by atoms with E-state index < -0.39 is 0 Å². The molecule has 0 saturated heterocycles. The Balaban J connectivity index is 1.62. The van der Waals surface area contributed by atoms with E-state index in [1.807, 2.05) is 34.9 Å². The maximum Gasteiger partial charge on any atom is 0.195 e. The fourth-order valence-corrected chi connectivity index (χ4v) is 4.02. The van der Waals surface area contributed by atoms with Gasteiger partial charge in [0.15, 0.2) is 5.16 Å². The summed E-state index contributed by atoms with van der Waals surface area (Å²) in [6.07, 6.45) is 1.73. The van der Waals surface area contributed by atoms with E-state index >= 15 is 0 Å². The number of pyridine rings is 1. The van der Waals surface area contributed by atoms with Gasteiger partial charge in [0.1, 0.15) is 11.5 Å². The molecule has 0 atom stereocenters. The number of hydrogen-bond donors (Lipinski definition) is 0. The van der Waals surface area contributed by atoms with Gasteiger partial charge < -0.3 is 0 Å². The molecule has 0 N–H and O–H groups in total. The van der Waals surface area contributed by atoms with Crippen molar-refractivity contribution in [3.05, 3.63) is 76.7 Å². The number of halogens is 1. The van der Waals surface area contributed by atoms with Crippen LogP contribution in [-0.4, -0.2) is 19.7 Å². The lowest BCUT2D eigenvalue weighted by Crippen LogP contribution is -1.96. The molecule has 4 rings (SSSR count). The zero-order chi connectivity index (χ0) is 18.1. The molecule has 130 valence electrons. The van der Waals surface area contributed by atoms with Gasteiger partial charge >= 0.3 is 0 Å². The summed E-state index contributed by atoms with van der Waals surface area (Å²) in [5.41, 5.74) is 5.40. The molecule has 2 heterocycles. The lowest BCUT2D eigenvalue weighted by atomic mass is 10.0. The van der Waals surface area contributed by atoms with Crippen LogP contribution >= 0.6 is 23.4 Å². The molecule has 0 fully saturated rings. The summed E-state index contributed by atoms with van der Waals surface area (Å²) >= 11 is 8.05. The Morgan fingerprint density at radius 2 is 1.88 bits per heavy atom. The van der Waals surface area contributed by atoms with Gasteiger partial charge in [-0.25, -0.2) is 4.98 Å². The highest BCUT2D eigenvalue weighted by molar-refractivity contribution is 7.98. The van der Waals surface area contributed by atoms with Crippen LogP contribution in [0.2, 0.25) is 5.15 Å². The molecule has 0 radical (unpaired) electrons. The third kappa shape index (κ3) is 3.20. The summed E-state index contributed by atoms with van der Waals surface area (Å²) in [5, 5.41) is 10.8. The number of fused-ring (bicyclic) bond motifs is 1. The van der Waals surface area contributed by atoms with Crippen LogP contribution in [0.4, 0.5) is 0 Å². The number of para-hydroxylation sites is 1. The van der Waals surface area contributed by atoms with E-state index in [0.717, 1.165) is 27.3 Å². The van der Waals surface area contributed by atoms with E-state index in [-0.39, 0.29) is 0 Å². The van der Waals surface area contributed by atoms with E-state index in [0.29, 0.717) is 10.9 Å². The van der Waals surface area contributed by atoms with Gasteiger partial charge in [-0.1, -0.05) is 53.7 Å². The Labute approximate surface area is 161 Å². The second kappa shape index (κ2) is 7.09. The van der Waals surface area contributed by atoms with Crippen LogP contribution in [0.1, 0.15) is 16.7 Å². The van der Waals surface area contributed by atoms with Crippen LogP contribution in [0.15, 0.2) is 60.0 Å². The summed E-state index contributed by atoms with van der Waals surface area (Å²) < 4.78 is 1.97. The molecule has 0 spiro atoms. The van der Waals surface area contributed by atoms with E-state index in [1.165, 1.54) is 11.1 Å². The number of aromatic nitrogens is 4. The lowest BCUT2D eigenvalue weighted by Gasteiger charge is -2.10. The topological polar surface area (TPSA) is 43.6 Å². The third-order valence-electron chi connectivity index (χ3n) is 4.45. The average molecular weight is 381 g/mol. The van der Waals surface area contributed by atoms with E-state index in [2.05, 4.69) is 47.2 Å². The largest absolute Gasteiger partial charge is 0.277 e. The molecule has 0 aliphatic rings. The van der Waals surface area contributed by atoms with Crippen molar-refractivity contribution in [2.24, 2.45) is 0 Å².